The predicted octanol–water partition coefficient (Wildman–Crippen LogP) is 3.29. The van der Waals surface area contributed by atoms with Gasteiger partial charge in [-0.2, -0.15) is 0 Å². The number of epoxide rings is 1. The molecule has 2 unspecified atom stereocenters. The highest BCUT2D eigenvalue weighted by molar-refractivity contribution is 5.90. The fourth-order valence-corrected chi connectivity index (χ4v) is 4.52. The third-order valence-corrected chi connectivity index (χ3v) is 6.70. The zero-order valence-electron chi connectivity index (χ0n) is 22.3. The maximum Gasteiger partial charge on any atom is 0.252 e. The van der Waals surface area contributed by atoms with Crippen molar-refractivity contribution >= 4 is 17.9 Å². The minimum absolute atomic E-state index is 0.0221. The highest BCUT2D eigenvalue weighted by atomic mass is 17.2. The molecular formula is C30H39N3O5. The molecule has 3 atom stereocenters. The Morgan fingerprint density at radius 1 is 1.00 bits per heavy atom. The normalized spacial score (nSPS) is 20.6. The summed E-state index contributed by atoms with van der Waals surface area (Å²) in [6.07, 6.45) is 3.88. The molecule has 2 fully saturated rings. The van der Waals surface area contributed by atoms with Crippen molar-refractivity contribution < 1.29 is 24.1 Å². The maximum atomic E-state index is 13.3. The Balaban J connectivity index is 1.18. The molecule has 2 amide bonds. The fraction of sp³-hybridized carbons (Fsp3) is 0.467. The first kappa shape index (κ1) is 28.0. The topological polar surface area (TPSA) is 83.6 Å². The van der Waals surface area contributed by atoms with Crippen LogP contribution in [-0.2, 0) is 30.7 Å². The summed E-state index contributed by atoms with van der Waals surface area (Å²) >= 11 is 0. The summed E-state index contributed by atoms with van der Waals surface area (Å²) in [5, 5.41) is 2.94. The highest BCUT2D eigenvalue weighted by Gasteiger charge is 2.46. The van der Waals surface area contributed by atoms with E-state index in [0.717, 1.165) is 25.2 Å². The number of nitrogens with one attached hydrogen (secondary N) is 1. The van der Waals surface area contributed by atoms with Crippen molar-refractivity contribution in [2.45, 2.75) is 45.1 Å². The first-order valence-electron chi connectivity index (χ1n) is 13.5. The van der Waals surface area contributed by atoms with Gasteiger partial charge in [-0.3, -0.25) is 14.5 Å². The van der Waals surface area contributed by atoms with Crippen LogP contribution in [0.15, 0.2) is 66.7 Å². The molecule has 0 aliphatic carbocycles. The van der Waals surface area contributed by atoms with E-state index in [0.29, 0.717) is 26.1 Å². The van der Waals surface area contributed by atoms with Crippen molar-refractivity contribution in [1.82, 2.24) is 15.1 Å². The second-order valence-electron chi connectivity index (χ2n) is 10.3. The van der Waals surface area contributed by atoms with Crippen LogP contribution in [0, 0.1) is 5.92 Å². The number of piperazine rings is 1. The third kappa shape index (κ3) is 8.77. The van der Waals surface area contributed by atoms with E-state index in [1.165, 1.54) is 5.56 Å². The lowest BCUT2D eigenvalue weighted by Crippen LogP contribution is -2.55. The SMILES string of the molecule is CC(C)C[C@H](NC(=O)C1OC1COOCc1ccccc1)C(=O)N1CCN(CC=Cc2ccccc2)CC1. The Morgan fingerprint density at radius 3 is 2.37 bits per heavy atom. The molecule has 0 aromatic heterocycles. The molecule has 0 spiro atoms. The van der Waals surface area contributed by atoms with E-state index < -0.39 is 12.1 Å². The highest BCUT2D eigenvalue weighted by Crippen LogP contribution is 2.23. The Morgan fingerprint density at radius 2 is 1.68 bits per heavy atom. The van der Waals surface area contributed by atoms with E-state index in [-0.39, 0.29) is 30.4 Å². The molecule has 0 radical (unpaired) electrons. The van der Waals surface area contributed by atoms with Gasteiger partial charge in [-0.1, -0.05) is 86.7 Å². The Labute approximate surface area is 225 Å². The van der Waals surface area contributed by atoms with Crippen LogP contribution in [0.3, 0.4) is 0 Å². The summed E-state index contributed by atoms with van der Waals surface area (Å²) in [6.45, 7) is 8.36. The molecule has 2 saturated heterocycles. The molecule has 2 aliphatic rings. The van der Waals surface area contributed by atoms with Crippen LogP contribution in [0.4, 0.5) is 0 Å². The third-order valence-electron chi connectivity index (χ3n) is 6.70. The Hall–Kier alpha value is -3.04. The Kier molecular flexibility index (Phi) is 10.5. The van der Waals surface area contributed by atoms with Gasteiger partial charge in [-0.15, -0.1) is 0 Å². The van der Waals surface area contributed by atoms with Crippen LogP contribution in [0.2, 0.25) is 0 Å². The molecule has 2 aromatic rings. The zero-order chi connectivity index (χ0) is 26.7. The van der Waals surface area contributed by atoms with Gasteiger partial charge in [0.2, 0.25) is 5.91 Å². The lowest BCUT2D eigenvalue weighted by Gasteiger charge is -2.36. The van der Waals surface area contributed by atoms with Gasteiger partial charge in [0.1, 0.15) is 25.4 Å². The van der Waals surface area contributed by atoms with Crippen LogP contribution >= 0.6 is 0 Å². The smallest absolute Gasteiger partial charge is 0.252 e. The van der Waals surface area contributed by atoms with Crippen molar-refractivity contribution in [1.29, 1.82) is 0 Å². The molecule has 38 heavy (non-hydrogen) atoms. The Bertz CT molecular complexity index is 1040. The van der Waals surface area contributed by atoms with Crippen molar-refractivity contribution in [3.05, 3.63) is 77.9 Å². The monoisotopic (exact) mass is 521 g/mol. The quantitative estimate of drug-likeness (QED) is 0.189. The number of benzene rings is 2. The summed E-state index contributed by atoms with van der Waals surface area (Å²) in [7, 11) is 0. The summed E-state index contributed by atoms with van der Waals surface area (Å²) in [5.74, 6) is -0.0317. The number of carbonyl (C=O) groups excluding carboxylic acids is 2. The zero-order valence-corrected chi connectivity index (χ0v) is 22.3. The molecular weight excluding hydrogens is 482 g/mol. The van der Waals surface area contributed by atoms with Gasteiger partial charge in [0, 0.05) is 32.7 Å². The van der Waals surface area contributed by atoms with Crippen LogP contribution in [-0.4, -0.2) is 79.2 Å². The van der Waals surface area contributed by atoms with Gasteiger partial charge >= 0.3 is 0 Å². The van der Waals surface area contributed by atoms with E-state index in [1.807, 2.05) is 53.4 Å². The average Bonchev–Trinajstić information content (AvgIpc) is 3.72. The molecule has 0 saturated carbocycles. The second kappa shape index (κ2) is 14.2. The number of nitrogens with zero attached hydrogens (tertiary/aromatic N) is 2. The molecule has 2 heterocycles. The van der Waals surface area contributed by atoms with Gasteiger partial charge < -0.3 is 15.0 Å². The van der Waals surface area contributed by atoms with E-state index >= 15 is 0 Å². The summed E-state index contributed by atoms with van der Waals surface area (Å²) in [6, 6.07) is 19.4. The molecule has 0 bridgehead atoms. The largest absolute Gasteiger partial charge is 0.356 e. The molecule has 8 heteroatoms. The van der Waals surface area contributed by atoms with Crippen molar-refractivity contribution in [3.8, 4) is 0 Å². The first-order valence-corrected chi connectivity index (χ1v) is 13.5. The van der Waals surface area contributed by atoms with Crippen molar-refractivity contribution in [3.63, 3.8) is 0 Å². The molecule has 8 nitrogen and oxygen atoms in total. The van der Waals surface area contributed by atoms with E-state index in [2.05, 4.69) is 48.3 Å². The van der Waals surface area contributed by atoms with Gasteiger partial charge in [-0.25, -0.2) is 9.78 Å². The molecule has 4 rings (SSSR count). The summed E-state index contributed by atoms with van der Waals surface area (Å²) in [5.41, 5.74) is 2.18. The molecule has 204 valence electrons. The van der Waals surface area contributed by atoms with Gasteiger partial charge in [-0.05, 0) is 23.5 Å². The minimum atomic E-state index is -0.619. The maximum absolute atomic E-state index is 13.3. The predicted molar refractivity (Wildman–Crippen MR) is 146 cm³/mol. The lowest BCUT2D eigenvalue weighted by molar-refractivity contribution is -0.305. The summed E-state index contributed by atoms with van der Waals surface area (Å²) in [4.78, 5) is 40.8. The van der Waals surface area contributed by atoms with Crippen LogP contribution in [0.1, 0.15) is 31.4 Å². The van der Waals surface area contributed by atoms with Crippen molar-refractivity contribution in [2.24, 2.45) is 5.92 Å². The molecule has 2 aromatic carbocycles. The number of hydrogen-bond donors (Lipinski definition) is 1. The fourth-order valence-electron chi connectivity index (χ4n) is 4.52. The van der Waals surface area contributed by atoms with E-state index in [9.17, 15) is 9.59 Å². The van der Waals surface area contributed by atoms with Crippen LogP contribution < -0.4 is 5.32 Å². The second-order valence-corrected chi connectivity index (χ2v) is 10.3. The standard InChI is InChI=1S/C30H39N3O5/c1-23(2)20-26(31-29(34)28-27(38-28)22-37-36-21-25-12-7-4-8-13-25)30(35)33-18-16-32(17-19-33)15-9-14-24-10-5-3-6-11-24/h3-14,23,26-28H,15-22H2,1-2H3,(H,31,34)/t26-,27?,28?/m0/s1. The van der Waals surface area contributed by atoms with Crippen molar-refractivity contribution in [2.75, 3.05) is 39.3 Å². The van der Waals surface area contributed by atoms with Gasteiger partial charge in [0.15, 0.2) is 6.10 Å². The van der Waals surface area contributed by atoms with E-state index in [1.54, 1.807) is 0 Å². The first-order chi connectivity index (χ1) is 18.5. The average molecular weight is 522 g/mol. The number of hydrogen-bond acceptors (Lipinski definition) is 6. The van der Waals surface area contributed by atoms with Gasteiger partial charge in [0.25, 0.3) is 5.91 Å². The number of ether oxygens (including phenoxy) is 1. The van der Waals surface area contributed by atoms with Crippen LogP contribution in [0.5, 0.6) is 0 Å². The summed E-state index contributed by atoms with van der Waals surface area (Å²) < 4.78 is 5.49. The molecule has 2 aliphatic heterocycles. The number of rotatable bonds is 13. The van der Waals surface area contributed by atoms with Crippen LogP contribution in [0.25, 0.3) is 6.08 Å². The lowest BCUT2D eigenvalue weighted by atomic mass is 10.0. The molecule has 1 N–H and O–H groups in total. The minimum Gasteiger partial charge on any atom is -0.356 e. The number of carbonyl (C=O) groups is 2. The van der Waals surface area contributed by atoms with E-state index in [4.69, 9.17) is 14.5 Å². The van der Waals surface area contributed by atoms with Gasteiger partial charge in [0.05, 0.1) is 0 Å². The number of amides is 2.